The zero-order chi connectivity index (χ0) is 12.6. The summed E-state index contributed by atoms with van der Waals surface area (Å²) < 4.78 is 4.44. The van der Waals surface area contributed by atoms with Crippen molar-refractivity contribution in [2.45, 2.75) is 19.8 Å². The highest BCUT2D eigenvalue weighted by atomic mass is 16.8. The summed E-state index contributed by atoms with van der Waals surface area (Å²) in [5.74, 6) is -3.62. The van der Waals surface area contributed by atoms with E-state index in [1.165, 1.54) is 0 Å². The molecular weight excluding hydrogens is 222 g/mol. The standard InChI is InChI=1S/C8H11NO7/c1-2-3-4-15-8(14)16-9-5(6(10)11)7(12)13/h2-4H2,1H3,(H,10,11)(H,12,13). The van der Waals surface area contributed by atoms with Gasteiger partial charge in [-0.2, -0.15) is 0 Å². The van der Waals surface area contributed by atoms with Crippen LogP contribution < -0.4 is 0 Å². The smallest absolute Gasteiger partial charge is 0.476 e. The lowest BCUT2D eigenvalue weighted by Crippen LogP contribution is -2.24. The summed E-state index contributed by atoms with van der Waals surface area (Å²) in [7, 11) is 0. The maximum atomic E-state index is 10.7. The normalized spacial score (nSPS) is 9.06. The van der Waals surface area contributed by atoms with E-state index in [1.807, 2.05) is 6.92 Å². The van der Waals surface area contributed by atoms with Crippen molar-refractivity contribution >= 4 is 23.8 Å². The summed E-state index contributed by atoms with van der Waals surface area (Å²) in [6.07, 6.45) is 0.170. The first kappa shape index (κ1) is 13.9. The van der Waals surface area contributed by atoms with Gasteiger partial charge in [0.15, 0.2) is 0 Å². The minimum atomic E-state index is -1.81. The molecular formula is C8H11NO7. The van der Waals surface area contributed by atoms with Crippen molar-refractivity contribution in [1.29, 1.82) is 0 Å². The van der Waals surface area contributed by atoms with Gasteiger partial charge < -0.3 is 14.9 Å². The second-order valence-corrected chi connectivity index (χ2v) is 2.59. The zero-order valence-electron chi connectivity index (χ0n) is 8.50. The Labute approximate surface area is 90.4 Å². The van der Waals surface area contributed by atoms with E-state index in [9.17, 15) is 14.4 Å². The molecule has 0 heterocycles. The first-order chi connectivity index (χ1) is 7.49. The zero-order valence-corrected chi connectivity index (χ0v) is 8.50. The molecule has 0 saturated carbocycles. The van der Waals surface area contributed by atoms with Crippen molar-refractivity contribution in [1.82, 2.24) is 0 Å². The quantitative estimate of drug-likeness (QED) is 0.170. The molecule has 8 heteroatoms. The Morgan fingerprint density at radius 1 is 1.19 bits per heavy atom. The number of hydrogen-bond acceptors (Lipinski definition) is 6. The van der Waals surface area contributed by atoms with Gasteiger partial charge in [0.25, 0.3) is 5.71 Å². The van der Waals surface area contributed by atoms with Crippen molar-refractivity contribution in [3.63, 3.8) is 0 Å². The lowest BCUT2D eigenvalue weighted by molar-refractivity contribution is -0.134. The summed E-state index contributed by atoms with van der Waals surface area (Å²) in [5.41, 5.74) is -1.30. The highest BCUT2D eigenvalue weighted by Crippen LogP contribution is 1.93. The molecule has 0 aliphatic heterocycles. The Balaban J connectivity index is 4.17. The molecule has 0 aromatic rings. The van der Waals surface area contributed by atoms with Crippen LogP contribution >= 0.6 is 0 Å². The molecule has 0 bridgehead atoms. The fourth-order valence-electron chi connectivity index (χ4n) is 0.579. The maximum Gasteiger partial charge on any atom is 0.535 e. The molecule has 0 aromatic carbocycles. The van der Waals surface area contributed by atoms with E-state index in [1.54, 1.807) is 0 Å². The van der Waals surface area contributed by atoms with E-state index in [4.69, 9.17) is 10.2 Å². The third kappa shape index (κ3) is 5.58. The Kier molecular flexibility index (Phi) is 6.25. The first-order valence-corrected chi connectivity index (χ1v) is 4.37. The number of carboxylic acid groups (broad SMARTS) is 2. The van der Waals surface area contributed by atoms with Crippen molar-refractivity contribution in [2.75, 3.05) is 6.61 Å². The van der Waals surface area contributed by atoms with Gasteiger partial charge in [-0.25, -0.2) is 14.4 Å². The van der Waals surface area contributed by atoms with Gasteiger partial charge in [-0.05, 0) is 6.42 Å². The van der Waals surface area contributed by atoms with Gasteiger partial charge in [0, 0.05) is 0 Å². The van der Waals surface area contributed by atoms with Crippen LogP contribution in [0, 0.1) is 0 Å². The van der Waals surface area contributed by atoms with Crippen molar-refractivity contribution in [3.05, 3.63) is 0 Å². The molecule has 90 valence electrons. The molecule has 0 saturated heterocycles. The number of nitrogens with zero attached hydrogens (tertiary/aromatic N) is 1. The van der Waals surface area contributed by atoms with E-state index >= 15 is 0 Å². The van der Waals surface area contributed by atoms with E-state index in [0.29, 0.717) is 6.42 Å². The van der Waals surface area contributed by atoms with E-state index in [-0.39, 0.29) is 6.61 Å². The monoisotopic (exact) mass is 233 g/mol. The molecule has 0 aliphatic carbocycles. The second kappa shape index (κ2) is 7.21. The molecule has 0 atom stereocenters. The predicted octanol–water partition coefficient (Wildman–Crippen LogP) is 0.465. The number of carbonyl (C=O) groups excluding carboxylic acids is 1. The molecule has 0 unspecified atom stereocenters. The van der Waals surface area contributed by atoms with Crippen LogP contribution in [0.4, 0.5) is 4.79 Å². The average Bonchev–Trinajstić information content (AvgIpc) is 2.17. The maximum absolute atomic E-state index is 10.7. The minimum absolute atomic E-state index is 0.0975. The molecule has 16 heavy (non-hydrogen) atoms. The molecule has 0 aliphatic rings. The Morgan fingerprint density at radius 2 is 1.75 bits per heavy atom. The SMILES string of the molecule is CCCCOC(=O)ON=C(C(=O)O)C(=O)O. The lowest BCUT2D eigenvalue weighted by atomic mass is 10.4. The number of aliphatic carboxylic acids is 2. The third-order valence-corrected chi connectivity index (χ3v) is 1.33. The van der Waals surface area contributed by atoms with Crippen LogP contribution in [0.3, 0.4) is 0 Å². The van der Waals surface area contributed by atoms with Gasteiger partial charge in [0.1, 0.15) is 0 Å². The molecule has 0 rings (SSSR count). The van der Waals surface area contributed by atoms with Gasteiger partial charge in [-0.1, -0.05) is 18.5 Å². The lowest BCUT2D eigenvalue weighted by Gasteiger charge is -2.00. The van der Waals surface area contributed by atoms with Crippen LogP contribution in [0.15, 0.2) is 5.16 Å². The van der Waals surface area contributed by atoms with Gasteiger partial charge in [0.05, 0.1) is 6.61 Å². The number of hydrogen-bond donors (Lipinski definition) is 2. The predicted molar refractivity (Wildman–Crippen MR) is 50.0 cm³/mol. The average molecular weight is 233 g/mol. The Bertz CT molecular complexity index is 294. The Morgan fingerprint density at radius 3 is 2.19 bits per heavy atom. The van der Waals surface area contributed by atoms with Crippen LogP contribution in [0.1, 0.15) is 19.8 Å². The highest BCUT2D eigenvalue weighted by Gasteiger charge is 2.20. The molecule has 0 spiro atoms. The molecule has 2 N–H and O–H groups in total. The van der Waals surface area contributed by atoms with Crippen LogP contribution in [0.5, 0.6) is 0 Å². The summed E-state index contributed by atoms with van der Waals surface area (Å²) in [6.45, 7) is 1.97. The topological polar surface area (TPSA) is 122 Å². The number of unbranched alkanes of at least 4 members (excludes halogenated alkanes) is 1. The fraction of sp³-hybridized carbons (Fsp3) is 0.500. The van der Waals surface area contributed by atoms with Crippen LogP contribution in [-0.2, 0) is 19.2 Å². The van der Waals surface area contributed by atoms with Gasteiger partial charge in [-0.3, -0.25) is 4.84 Å². The number of ether oxygens (including phenoxy) is 1. The number of oxime groups is 1. The molecule has 0 fully saturated rings. The van der Waals surface area contributed by atoms with Crippen molar-refractivity contribution in [3.8, 4) is 0 Å². The highest BCUT2D eigenvalue weighted by molar-refractivity contribution is 6.61. The van der Waals surface area contributed by atoms with E-state index < -0.39 is 23.8 Å². The third-order valence-electron chi connectivity index (χ3n) is 1.33. The van der Waals surface area contributed by atoms with E-state index in [2.05, 4.69) is 14.7 Å². The summed E-state index contributed by atoms with van der Waals surface area (Å²) in [5, 5.41) is 19.3. The Hall–Kier alpha value is -2.12. The molecule has 8 nitrogen and oxygen atoms in total. The van der Waals surface area contributed by atoms with Crippen molar-refractivity contribution < 1.29 is 34.2 Å². The number of rotatable bonds is 6. The van der Waals surface area contributed by atoms with Gasteiger partial charge in [0.2, 0.25) is 0 Å². The van der Waals surface area contributed by atoms with Crippen LogP contribution in [-0.4, -0.2) is 40.6 Å². The van der Waals surface area contributed by atoms with Gasteiger partial charge >= 0.3 is 18.1 Å². The molecule has 0 radical (unpaired) electrons. The number of carbonyl (C=O) groups is 3. The molecule has 0 amide bonds. The molecule has 0 aromatic heterocycles. The summed E-state index contributed by atoms with van der Waals surface area (Å²) >= 11 is 0. The van der Waals surface area contributed by atoms with Crippen LogP contribution in [0.25, 0.3) is 0 Å². The summed E-state index contributed by atoms with van der Waals surface area (Å²) in [4.78, 5) is 35.2. The number of carboxylic acids is 2. The van der Waals surface area contributed by atoms with Gasteiger partial charge in [-0.15, -0.1) is 0 Å². The van der Waals surface area contributed by atoms with E-state index in [0.717, 1.165) is 6.42 Å². The summed E-state index contributed by atoms with van der Waals surface area (Å²) in [6, 6.07) is 0. The largest absolute Gasteiger partial charge is 0.535 e. The second-order valence-electron chi connectivity index (χ2n) is 2.59. The first-order valence-electron chi connectivity index (χ1n) is 4.37. The van der Waals surface area contributed by atoms with Crippen LogP contribution in [0.2, 0.25) is 0 Å². The minimum Gasteiger partial charge on any atom is -0.476 e. The fourth-order valence-corrected chi connectivity index (χ4v) is 0.579. The van der Waals surface area contributed by atoms with Crippen molar-refractivity contribution in [2.24, 2.45) is 5.16 Å².